The van der Waals surface area contributed by atoms with E-state index in [1.54, 1.807) is 7.05 Å². The van der Waals surface area contributed by atoms with Crippen LogP contribution in [0.1, 0.15) is 5.56 Å². The van der Waals surface area contributed by atoms with Gasteiger partial charge in [-0.05, 0) is 42.8 Å². The number of nitrogens with zero attached hydrogens (tertiary/aromatic N) is 3. The van der Waals surface area contributed by atoms with Crippen LogP contribution >= 0.6 is 11.6 Å². The number of hydrogen-bond donors (Lipinski definition) is 2. The van der Waals surface area contributed by atoms with Crippen LogP contribution < -0.4 is 15.5 Å². The number of benzene rings is 2. The molecule has 2 aromatic carbocycles. The lowest BCUT2D eigenvalue weighted by atomic mass is 10.2. The predicted molar refractivity (Wildman–Crippen MR) is 107 cm³/mol. The Bertz CT molecular complexity index is 931. The second kappa shape index (κ2) is 8.01. The Morgan fingerprint density at radius 1 is 1.19 bits per heavy atom. The first-order chi connectivity index (χ1) is 12.6. The summed E-state index contributed by atoms with van der Waals surface area (Å²) in [5.74, 6) is 1.06. The summed E-state index contributed by atoms with van der Waals surface area (Å²) in [6, 6.07) is 13.5. The van der Waals surface area contributed by atoms with Gasteiger partial charge >= 0.3 is 6.03 Å². The van der Waals surface area contributed by atoms with Crippen molar-refractivity contribution in [2.24, 2.45) is 0 Å². The van der Waals surface area contributed by atoms with Crippen molar-refractivity contribution in [3.63, 3.8) is 0 Å². The van der Waals surface area contributed by atoms with Crippen molar-refractivity contribution in [1.82, 2.24) is 15.3 Å². The van der Waals surface area contributed by atoms with E-state index in [1.807, 2.05) is 49.4 Å². The van der Waals surface area contributed by atoms with Gasteiger partial charge in [-0.15, -0.1) is 11.6 Å². The topological polar surface area (TPSA) is 70.2 Å². The van der Waals surface area contributed by atoms with E-state index in [0.29, 0.717) is 18.2 Å². The van der Waals surface area contributed by atoms with E-state index >= 15 is 0 Å². The first-order valence-corrected chi connectivity index (χ1v) is 8.78. The molecule has 2 N–H and O–H groups in total. The number of alkyl halides is 1. The molecule has 3 rings (SSSR count). The van der Waals surface area contributed by atoms with Crippen molar-refractivity contribution in [1.29, 1.82) is 0 Å². The maximum Gasteiger partial charge on any atom is 0.321 e. The molecule has 2 amide bonds. The number of aryl methyl sites for hydroxylation is 1. The van der Waals surface area contributed by atoms with Crippen molar-refractivity contribution < 1.29 is 4.79 Å². The average Bonchev–Trinajstić information content (AvgIpc) is 2.65. The molecule has 3 aromatic rings. The van der Waals surface area contributed by atoms with Crippen molar-refractivity contribution in [3.05, 3.63) is 54.4 Å². The van der Waals surface area contributed by atoms with E-state index in [0.717, 1.165) is 27.8 Å². The van der Waals surface area contributed by atoms with E-state index in [2.05, 4.69) is 20.6 Å². The lowest BCUT2D eigenvalue weighted by Gasteiger charge is -2.18. The molecule has 0 atom stereocenters. The summed E-state index contributed by atoms with van der Waals surface area (Å²) in [5.41, 5.74) is 3.65. The zero-order chi connectivity index (χ0) is 18.5. The van der Waals surface area contributed by atoms with E-state index in [9.17, 15) is 4.79 Å². The lowest BCUT2D eigenvalue weighted by molar-refractivity contribution is 0.248. The number of nitrogens with one attached hydrogen (secondary N) is 2. The number of fused-ring (bicyclic) bond motifs is 1. The number of carbonyl (C=O) groups is 1. The zero-order valence-electron chi connectivity index (χ0n) is 14.7. The van der Waals surface area contributed by atoms with Crippen LogP contribution in [-0.2, 0) is 0 Å². The monoisotopic (exact) mass is 369 g/mol. The van der Waals surface area contributed by atoms with Crippen LogP contribution in [0, 0.1) is 6.92 Å². The number of aromatic nitrogens is 2. The number of urea groups is 1. The van der Waals surface area contributed by atoms with Gasteiger partial charge in [0.25, 0.3) is 0 Å². The van der Waals surface area contributed by atoms with Crippen molar-refractivity contribution in [3.8, 4) is 0 Å². The van der Waals surface area contributed by atoms with Gasteiger partial charge in [-0.1, -0.05) is 12.1 Å². The van der Waals surface area contributed by atoms with Gasteiger partial charge in [0, 0.05) is 36.2 Å². The van der Waals surface area contributed by atoms with Gasteiger partial charge in [-0.3, -0.25) is 4.90 Å². The van der Waals surface area contributed by atoms with Gasteiger partial charge in [0.05, 0.1) is 5.52 Å². The predicted octanol–water partition coefficient (Wildman–Crippen LogP) is 4.07. The molecule has 0 aliphatic carbocycles. The van der Waals surface area contributed by atoms with Crippen LogP contribution in [0.15, 0.2) is 48.8 Å². The van der Waals surface area contributed by atoms with Gasteiger partial charge in [-0.25, -0.2) is 14.8 Å². The maximum atomic E-state index is 12.2. The van der Waals surface area contributed by atoms with Crippen LogP contribution in [0.2, 0.25) is 0 Å². The van der Waals surface area contributed by atoms with Gasteiger partial charge in [0.1, 0.15) is 12.1 Å². The Balaban J connectivity index is 1.93. The zero-order valence-corrected chi connectivity index (χ0v) is 15.4. The molecule has 0 saturated heterocycles. The number of amides is 2. The summed E-state index contributed by atoms with van der Waals surface area (Å²) in [7, 11) is 1.71. The van der Waals surface area contributed by atoms with Crippen molar-refractivity contribution >= 4 is 45.7 Å². The summed E-state index contributed by atoms with van der Waals surface area (Å²) < 4.78 is 0. The van der Waals surface area contributed by atoms with Gasteiger partial charge in [0.2, 0.25) is 0 Å². The molecule has 134 valence electrons. The smallest absolute Gasteiger partial charge is 0.321 e. The molecule has 0 radical (unpaired) electrons. The third-order valence-electron chi connectivity index (χ3n) is 3.96. The minimum atomic E-state index is -0.213. The van der Waals surface area contributed by atoms with E-state index in [-0.39, 0.29) is 6.03 Å². The third-order valence-corrected chi connectivity index (χ3v) is 4.15. The van der Waals surface area contributed by atoms with Crippen LogP contribution in [0.5, 0.6) is 0 Å². The normalized spacial score (nSPS) is 10.6. The molecule has 0 spiro atoms. The highest BCUT2D eigenvalue weighted by molar-refractivity contribution is 6.18. The largest absolute Gasteiger partial charge is 0.340 e. The molecule has 0 unspecified atom stereocenters. The first-order valence-electron chi connectivity index (χ1n) is 8.24. The SMILES string of the molecule is Cc1cccc(Nc2ncnc3ccc(N(C)C(=O)NCCCl)cc23)c1. The minimum absolute atomic E-state index is 0.213. The van der Waals surface area contributed by atoms with Crippen molar-refractivity contribution in [2.75, 3.05) is 29.7 Å². The Hall–Kier alpha value is -2.86. The maximum absolute atomic E-state index is 12.2. The van der Waals surface area contributed by atoms with Crippen LogP contribution in [0.4, 0.5) is 22.0 Å². The molecule has 0 saturated carbocycles. The molecular weight excluding hydrogens is 350 g/mol. The van der Waals surface area contributed by atoms with Crippen LogP contribution in [-0.4, -0.2) is 35.5 Å². The Morgan fingerprint density at radius 3 is 2.81 bits per heavy atom. The summed E-state index contributed by atoms with van der Waals surface area (Å²) in [6.45, 7) is 2.46. The average molecular weight is 370 g/mol. The third kappa shape index (κ3) is 4.03. The highest BCUT2D eigenvalue weighted by Gasteiger charge is 2.12. The molecule has 7 heteroatoms. The lowest BCUT2D eigenvalue weighted by Crippen LogP contribution is -2.38. The van der Waals surface area contributed by atoms with E-state index < -0.39 is 0 Å². The van der Waals surface area contributed by atoms with E-state index in [4.69, 9.17) is 11.6 Å². The quantitative estimate of drug-likeness (QED) is 0.665. The Kier molecular flexibility index (Phi) is 5.53. The van der Waals surface area contributed by atoms with E-state index in [1.165, 1.54) is 11.2 Å². The molecule has 0 bridgehead atoms. The highest BCUT2D eigenvalue weighted by Crippen LogP contribution is 2.27. The van der Waals surface area contributed by atoms with Crippen LogP contribution in [0.3, 0.4) is 0 Å². The van der Waals surface area contributed by atoms with Gasteiger partial charge in [-0.2, -0.15) is 0 Å². The van der Waals surface area contributed by atoms with Crippen molar-refractivity contribution in [2.45, 2.75) is 6.92 Å². The molecule has 0 fully saturated rings. The molecule has 0 aliphatic heterocycles. The number of halogens is 1. The number of carbonyl (C=O) groups excluding carboxylic acids is 1. The second-order valence-corrected chi connectivity index (χ2v) is 6.28. The minimum Gasteiger partial charge on any atom is -0.340 e. The fourth-order valence-corrected chi connectivity index (χ4v) is 2.70. The number of anilines is 3. The fraction of sp³-hybridized carbons (Fsp3) is 0.211. The molecule has 1 heterocycles. The van der Waals surface area contributed by atoms with Gasteiger partial charge < -0.3 is 10.6 Å². The summed E-state index contributed by atoms with van der Waals surface area (Å²) >= 11 is 5.63. The molecular formula is C19H20ClN5O. The first kappa shape index (κ1) is 17.9. The fourth-order valence-electron chi connectivity index (χ4n) is 2.60. The molecule has 0 aliphatic rings. The number of hydrogen-bond acceptors (Lipinski definition) is 4. The molecule has 26 heavy (non-hydrogen) atoms. The highest BCUT2D eigenvalue weighted by atomic mass is 35.5. The standard InChI is InChI=1S/C19H20ClN5O/c1-13-4-3-5-14(10-13)24-18-16-11-15(6-7-17(16)22-12-23-18)25(2)19(26)21-9-8-20/h3-7,10-12H,8-9H2,1-2H3,(H,21,26)(H,22,23,24). The Morgan fingerprint density at radius 2 is 2.04 bits per heavy atom. The number of rotatable bonds is 5. The summed E-state index contributed by atoms with van der Waals surface area (Å²) in [6.07, 6.45) is 1.52. The molecule has 1 aromatic heterocycles. The summed E-state index contributed by atoms with van der Waals surface area (Å²) in [4.78, 5) is 22.4. The van der Waals surface area contributed by atoms with Gasteiger partial charge in [0.15, 0.2) is 0 Å². The van der Waals surface area contributed by atoms with Crippen LogP contribution in [0.25, 0.3) is 10.9 Å². The second-order valence-electron chi connectivity index (χ2n) is 5.90. The molecule has 6 nitrogen and oxygen atoms in total. The Labute approximate surface area is 157 Å². The summed E-state index contributed by atoms with van der Waals surface area (Å²) in [5, 5.41) is 6.91.